The number of carbonyl (C=O) groups is 2. The highest BCUT2D eigenvalue weighted by Gasteiger charge is 2.17. The Hall–Kier alpha value is -1.43. The molecule has 0 radical (unpaired) electrons. The summed E-state index contributed by atoms with van der Waals surface area (Å²) in [5.74, 6) is -0.849. The van der Waals surface area contributed by atoms with E-state index in [1.807, 2.05) is 0 Å². The van der Waals surface area contributed by atoms with Gasteiger partial charge in [-0.2, -0.15) is 0 Å². The third-order valence-corrected chi connectivity index (χ3v) is 2.15. The van der Waals surface area contributed by atoms with Crippen LogP contribution >= 0.6 is 11.3 Å². The lowest BCUT2D eigenvalue weighted by molar-refractivity contribution is -0.142. The van der Waals surface area contributed by atoms with Gasteiger partial charge in [0, 0.05) is 5.38 Å². The monoisotopic (exact) mass is 214 g/mol. The third-order valence-electron chi connectivity index (χ3n) is 1.57. The van der Waals surface area contributed by atoms with E-state index in [2.05, 4.69) is 15.0 Å². The predicted octanol–water partition coefficient (Wildman–Crippen LogP) is 0.434. The standard InChI is InChI=1S/C8H10N2O3S/c1-5(8(12)13-2)10-7(11)6-3-14-4-9-6/h3-5H,1-2H3,(H,10,11)/t5-/m0/s1. The van der Waals surface area contributed by atoms with Crippen molar-refractivity contribution >= 4 is 23.2 Å². The minimum absolute atomic E-state index is 0.311. The van der Waals surface area contributed by atoms with Crippen molar-refractivity contribution in [3.8, 4) is 0 Å². The number of esters is 1. The number of rotatable bonds is 3. The molecule has 1 heterocycles. The maximum atomic E-state index is 11.4. The molecule has 6 heteroatoms. The zero-order chi connectivity index (χ0) is 10.6. The van der Waals surface area contributed by atoms with Crippen molar-refractivity contribution in [2.45, 2.75) is 13.0 Å². The molecule has 0 saturated heterocycles. The molecule has 1 N–H and O–H groups in total. The number of aromatic nitrogens is 1. The Balaban J connectivity index is 2.53. The summed E-state index contributed by atoms with van der Waals surface area (Å²) in [7, 11) is 1.27. The molecular formula is C8H10N2O3S. The molecule has 1 atom stereocenters. The molecule has 0 saturated carbocycles. The molecule has 0 fully saturated rings. The summed E-state index contributed by atoms with van der Waals surface area (Å²) < 4.78 is 4.46. The topological polar surface area (TPSA) is 68.3 Å². The molecule has 1 rings (SSSR count). The van der Waals surface area contributed by atoms with Crippen LogP contribution < -0.4 is 5.32 Å². The minimum atomic E-state index is -0.658. The molecule has 0 spiro atoms. The van der Waals surface area contributed by atoms with E-state index in [0.717, 1.165) is 0 Å². The van der Waals surface area contributed by atoms with E-state index in [-0.39, 0.29) is 5.91 Å². The van der Waals surface area contributed by atoms with Gasteiger partial charge in [0.05, 0.1) is 12.6 Å². The molecule has 1 aromatic rings. The Morgan fingerprint density at radius 2 is 2.36 bits per heavy atom. The maximum absolute atomic E-state index is 11.4. The Labute approximate surface area is 85.1 Å². The molecule has 14 heavy (non-hydrogen) atoms. The average molecular weight is 214 g/mol. The van der Waals surface area contributed by atoms with Gasteiger partial charge in [0.2, 0.25) is 0 Å². The minimum Gasteiger partial charge on any atom is -0.467 e. The first-order chi connectivity index (χ1) is 6.65. The van der Waals surface area contributed by atoms with Crippen LogP contribution in [0, 0.1) is 0 Å². The average Bonchev–Trinajstić information content (AvgIpc) is 2.69. The number of hydrogen-bond acceptors (Lipinski definition) is 5. The van der Waals surface area contributed by atoms with E-state index in [0.29, 0.717) is 5.69 Å². The normalized spacial score (nSPS) is 11.9. The van der Waals surface area contributed by atoms with Gasteiger partial charge in [0.25, 0.3) is 5.91 Å². The van der Waals surface area contributed by atoms with Crippen LogP contribution in [0.3, 0.4) is 0 Å². The van der Waals surface area contributed by atoms with Crippen molar-refractivity contribution in [3.63, 3.8) is 0 Å². The first-order valence-corrected chi connectivity index (χ1v) is 4.86. The van der Waals surface area contributed by atoms with Crippen molar-refractivity contribution in [1.82, 2.24) is 10.3 Å². The van der Waals surface area contributed by atoms with Gasteiger partial charge in [-0.1, -0.05) is 0 Å². The van der Waals surface area contributed by atoms with Crippen LogP contribution in [0.25, 0.3) is 0 Å². The molecule has 76 valence electrons. The fourth-order valence-electron chi connectivity index (χ4n) is 0.831. The molecule has 1 aromatic heterocycles. The lowest BCUT2D eigenvalue weighted by atomic mass is 10.3. The first kappa shape index (κ1) is 10.6. The summed E-state index contributed by atoms with van der Waals surface area (Å²) in [5.41, 5.74) is 1.86. The van der Waals surface area contributed by atoms with E-state index >= 15 is 0 Å². The number of hydrogen-bond donors (Lipinski definition) is 1. The Morgan fingerprint density at radius 3 is 2.86 bits per heavy atom. The quantitative estimate of drug-likeness (QED) is 0.741. The molecule has 5 nitrogen and oxygen atoms in total. The molecule has 0 aliphatic heterocycles. The maximum Gasteiger partial charge on any atom is 0.328 e. The summed E-state index contributed by atoms with van der Waals surface area (Å²) in [6, 6.07) is -0.658. The van der Waals surface area contributed by atoms with Crippen LogP contribution in [0.5, 0.6) is 0 Å². The Kier molecular flexibility index (Phi) is 3.58. The Bertz CT molecular complexity index is 323. The van der Waals surface area contributed by atoms with Crippen molar-refractivity contribution in [1.29, 1.82) is 0 Å². The molecule has 0 aliphatic carbocycles. The first-order valence-electron chi connectivity index (χ1n) is 3.92. The number of ether oxygens (including phenoxy) is 1. The summed E-state index contributed by atoms with van der Waals surface area (Å²) in [6.45, 7) is 1.55. The molecule has 0 aliphatic rings. The van der Waals surface area contributed by atoms with Crippen LogP contribution in [0.4, 0.5) is 0 Å². The summed E-state index contributed by atoms with van der Waals surface area (Å²) >= 11 is 1.32. The van der Waals surface area contributed by atoms with Gasteiger partial charge in [0.15, 0.2) is 0 Å². The smallest absolute Gasteiger partial charge is 0.328 e. The van der Waals surface area contributed by atoms with Crippen LogP contribution in [-0.4, -0.2) is 30.0 Å². The van der Waals surface area contributed by atoms with E-state index < -0.39 is 12.0 Å². The Morgan fingerprint density at radius 1 is 1.64 bits per heavy atom. The number of nitrogens with one attached hydrogen (secondary N) is 1. The van der Waals surface area contributed by atoms with Crippen molar-refractivity contribution < 1.29 is 14.3 Å². The van der Waals surface area contributed by atoms with Crippen molar-refractivity contribution in [2.24, 2.45) is 0 Å². The van der Waals surface area contributed by atoms with E-state index in [9.17, 15) is 9.59 Å². The number of nitrogens with zero attached hydrogens (tertiary/aromatic N) is 1. The van der Waals surface area contributed by atoms with Crippen LogP contribution in [0.15, 0.2) is 10.9 Å². The summed E-state index contributed by atoms with van der Waals surface area (Å²) in [6.07, 6.45) is 0. The van der Waals surface area contributed by atoms with Gasteiger partial charge in [-0.25, -0.2) is 9.78 Å². The second-order valence-corrected chi connectivity index (χ2v) is 3.31. The van der Waals surface area contributed by atoms with Gasteiger partial charge in [-0.05, 0) is 6.92 Å². The van der Waals surface area contributed by atoms with Gasteiger partial charge >= 0.3 is 5.97 Å². The van der Waals surface area contributed by atoms with Crippen LogP contribution in [-0.2, 0) is 9.53 Å². The van der Waals surface area contributed by atoms with Gasteiger partial charge in [-0.15, -0.1) is 11.3 Å². The number of carbonyl (C=O) groups excluding carboxylic acids is 2. The highest BCUT2D eigenvalue weighted by atomic mass is 32.1. The van der Waals surface area contributed by atoms with Gasteiger partial charge in [-0.3, -0.25) is 4.79 Å². The van der Waals surface area contributed by atoms with E-state index in [4.69, 9.17) is 0 Å². The number of amides is 1. The fourth-order valence-corrected chi connectivity index (χ4v) is 1.36. The van der Waals surface area contributed by atoms with Gasteiger partial charge < -0.3 is 10.1 Å². The highest BCUT2D eigenvalue weighted by molar-refractivity contribution is 7.07. The van der Waals surface area contributed by atoms with Crippen molar-refractivity contribution in [2.75, 3.05) is 7.11 Å². The van der Waals surface area contributed by atoms with E-state index in [1.54, 1.807) is 17.8 Å². The molecule has 0 bridgehead atoms. The fraction of sp³-hybridized carbons (Fsp3) is 0.375. The van der Waals surface area contributed by atoms with E-state index in [1.165, 1.54) is 18.4 Å². The number of methoxy groups -OCH3 is 1. The van der Waals surface area contributed by atoms with Crippen LogP contribution in [0.1, 0.15) is 17.4 Å². The third kappa shape index (κ3) is 2.53. The molecule has 0 unspecified atom stereocenters. The summed E-state index contributed by atoms with van der Waals surface area (Å²) in [5, 5.41) is 4.07. The lowest BCUT2D eigenvalue weighted by Gasteiger charge is -2.09. The molecule has 1 amide bonds. The molecule has 0 aromatic carbocycles. The van der Waals surface area contributed by atoms with Gasteiger partial charge in [0.1, 0.15) is 11.7 Å². The second kappa shape index (κ2) is 4.71. The largest absolute Gasteiger partial charge is 0.467 e. The zero-order valence-electron chi connectivity index (χ0n) is 7.81. The second-order valence-electron chi connectivity index (χ2n) is 2.59. The zero-order valence-corrected chi connectivity index (χ0v) is 8.63. The predicted molar refractivity (Wildman–Crippen MR) is 51.1 cm³/mol. The SMILES string of the molecule is COC(=O)[C@H](C)NC(=O)c1cscn1. The number of thiazole rings is 1. The highest BCUT2D eigenvalue weighted by Crippen LogP contribution is 2.01. The lowest BCUT2D eigenvalue weighted by Crippen LogP contribution is -2.39. The molecular weight excluding hydrogens is 204 g/mol. The summed E-state index contributed by atoms with van der Waals surface area (Å²) in [4.78, 5) is 26.1. The van der Waals surface area contributed by atoms with Crippen LogP contribution in [0.2, 0.25) is 0 Å². The van der Waals surface area contributed by atoms with Crippen molar-refractivity contribution in [3.05, 3.63) is 16.6 Å².